The average Bonchev–Trinajstić information content (AvgIpc) is 3.15. The lowest BCUT2D eigenvalue weighted by atomic mass is 10.1. The van der Waals surface area contributed by atoms with Crippen molar-refractivity contribution in [3.63, 3.8) is 0 Å². The number of hydrogen-bond donors (Lipinski definition) is 3. The van der Waals surface area contributed by atoms with Gasteiger partial charge < -0.3 is 16.4 Å². The molecule has 0 spiro atoms. The van der Waals surface area contributed by atoms with Gasteiger partial charge in [0, 0.05) is 18.5 Å². The van der Waals surface area contributed by atoms with E-state index in [-0.39, 0.29) is 5.91 Å². The first kappa shape index (κ1) is 20.5. The van der Waals surface area contributed by atoms with E-state index < -0.39 is 6.03 Å². The Morgan fingerprint density at radius 3 is 2.21 bits per heavy atom. The van der Waals surface area contributed by atoms with Gasteiger partial charge in [0.15, 0.2) is 5.13 Å². The van der Waals surface area contributed by atoms with E-state index in [9.17, 15) is 9.59 Å². The van der Waals surface area contributed by atoms with Crippen molar-refractivity contribution in [3.05, 3.63) is 60.7 Å². The van der Waals surface area contributed by atoms with E-state index >= 15 is 0 Å². The molecule has 7 heteroatoms. The van der Waals surface area contributed by atoms with Gasteiger partial charge in [-0.15, -0.1) is 0 Å². The van der Waals surface area contributed by atoms with Gasteiger partial charge in [0.05, 0.1) is 10.6 Å². The molecule has 3 amide bonds. The Balaban J connectivity index is 1.65. The first-order valence-corrected chi connectivity index (χ1v) is 10.4. The molecule has 0 radical (unpaired) electrons. The number of urea groups is 1. The third-order valence-electron chi connectivity index (χ3n) is 4.34. The summed E-state index contributed by atoms with van der Waals surface area (Å²) in [5.74, 6) is -0.0548. The summed E-state index contributed by atoms with van der Waals surface area (Å²) in [6.45, 7) is 0.532. The number of thiazole rings is 1. The van der Waals surface area contributed by atoms with Crippen molar-refractivity contribution in [3.8, 4) is 21.7 Å². The standard InChI is InChI=1S/C22H24N4O2S/c23-21(28)24-15-9-3-8-14-18(27)25-22-26-19(16-10-4-1-5-11-16)20(29-22)17-12-6-2-7-13-17/h1-2,4-7,10-13H,3,8-9,14-15H2,(H3,23,24,28)(H,25,26,27). The van der Waals surface area contributed by atoms with Crippen molar-refractivity contribution in [1.82, 2.24) is 10.3 Å². The predicted octanol–water partition coefficient (Wildman–Crippen LogP) is 4.64. The Morgan fingerprint density at radius 2 is 1.55 bits per heavy atom. The summed E-state index contributed by atoms with van der Waals surface area (Å²) in [7, 11) is 0. The van der Waals surface area contributed by atoms with Crippen LogP contribution in [-0.4, -0.2) is 23.5 Å². The lowest BCUT2D eigenvalue weighted by Crippen LogP contribution is -2.29. The third-order valence-corrected chi connectivity index (χ3v) is 5.36. The maximum Gasteiger partial charge on any atom is 0.312 e. The van der Waals surface area contributed by atoms with Crippen molar-refractivity contribution < 1.29 is 9.59 Å². The first-order chi connectivity index (χ1) is 14.1. The van der Waals surface area contributed by atoms with Crippen LogP contribution in [0.15, 0.2) is 60.7 Å². The third kappa shape index (κ3) is 6.15. The summed E-state index contributed by atoms with van der Waals surface area (Å²) in [5, 5.41) is 6.07. The van der Waals surface area contributed by atoms with Crippen molar-refractivity contribution >= 4 is 28.4 Å². The van der Waals surface area contributed by atoms with E-state index in [2.05, 4.69) is 10.6 Å². The van der Waals surface area contributed by atoms with Crippen molar-refractivity contribution in [2.75, 3.05) is 11.9 Å². The number of primary amides is 1. The summed E-state index contributed by atoms with van der Waals surface area (Å²) in [4.78, 5) is 28.7. The smallest absolute Gasteiger partial charge is 0.312 e. The number of nitrogens with one attached hydrogen (secondary N) is 2. The fourth-order valence-electron chi connectivity index (χ4n) is 2.93. The van der Waals surface area contributed by atoms with Crippen LogP contribution in [0.3, 0.4) is 0 Å². The number of nitrogens with zero attached hydrogens (tertiary/aromatic N) is 1. The summed E-state index contributed by atoms with van der Waals surface area (Å²) in [5.41, 5.74) is 7.98. The number of aromatic nitrogens is 1. The molecule has 0 fully saturated rings. The van der Waals surface area contributed by atoms with Crippen LogP contribution in [0.1, 0.15) is 25.7 Å². The lowest BCUT2D eigenvalue weighted by Gasteiger charge is -2.03. The van der Waals surface area contributed by atoms with Crippen molar-refractivity contribution in [2.24, 2.45) is 5.73 Å². The molecular formula is C22H24N4O2S. The number of benzene rings is 2. The van der Waals surface area contributed by atoms with E-state index in [1.54, 1.807) is 0 Å². The van der Waals surface area contributed by atoms with Gasteiger partial charge >= 0.3 is 6.03 Å². The highest BCUT2D eigenvalue weighted by atomic mass is 32.1. The normalized spacial score (nSPS) is 10.5. The van der Waals surface area contributed by atoms with E-state index in [1.165, 1.54) is 11.3 Å². The molecule has 6 nitrogen and oxygen atoms in total. The van der Waals surface area contributed by atoms with Gasteiger partial charge in [-0.1, -0.05) is 78.4 Å². The molecule has 3 rings (SSSR count). The SMILES string of the molecule is NC(=O)NCCCCCC(=O)Nc1nc(-c2ccccc2)c(-c2ccccc2)s1. The molecule has 0 saturated carbocycles. The summed E-state index contributed by atoms with van der Waals surface area (Å²) in [6.07, 6.45) is 2.80. The molecule has 2 aromatic carbocycles. The molecule has 150 valence electrons. The average molecular weight is 409 g/mol. The Morgan fingerprint density at radius 1 is 0.897 bits per heavy atom. The highest BCUT2D eigenvalue weighted by Crippen LogP contribution is 2.38. The highest BCUT2D eigenvalue weighted by Gasteiger charge is 2.16. The van der Waals surface area contributed by atoms with E-state index in [4.69, 9.17) is 10.7 Å². The number of anilines is 1. The van der Waals surface area contributed by atoms with E-state index in [0.717, 1.165) is 41.0 Å². The van der Waals surface area contributed by atoms with Gasteiger partial charge in [-0.2, -0.15) is 0 Å². The van der Waals surface area contributed by atoms with Crippen molar-refractivity contribution in [1.29, 1.82) is 0 Å². The van der Waals surface area contributed by atoms with Crippen LogP contribution in [-0.2, 0) is 4.79 Å². The fraction of sp³-hybridized carbons (Fsp3) is 0.227. The quantitative estimate of drug-likeness (QED) is 0.450. The van der Waals surface area contributed by atoms with E-state index in [1.807, 2.05) is 60.7 Å². The molecule has 0 saturated heterocycles. The minimum Gasteiger partial charge on any atom is -0.352 e. The molecule has 0 atom stereocenters. The molecular weight excluding hydrogens is 384 g/mol. The summed E-state index contributed by atoms with van der Waals surface area (Å²) in [6, 6.07) is 19.5. The van der Waals surface area contributed by atoms with Gasteiger partial charge in [0.2, 0.25) is 5.91 Å². The zero-order valence-corrected chi connectivity index (χ0v) is 16.9. The minimum atomic E-state index is -0.519. The molecule has 0 bridgehead atoms. The first-order valence-electron chi connectivity index (χ1n) is 9.58. The molecule has 1 heterocycles. The zero-order chi connectivity index (χ0) is 20.5. The van der Waals surface area contributed by atoms with Gasteiger partial charge in [0.1, 0.15) is 0 Å². The Bertz CT molecular complexity index is 885. The van der Waals surface area contributed by atoms with Gasteiger partial charge in [-0.25, -0.2) is 9.78 Å². The van der Waals surface area contributed by atoms with Crippen LogP contribution in [0.2, 0.25) is 0 Å². The van der Waals surface area contributed by atoms with Crippen LogP contribution in [0.5, 0.6) is 0 Å². The summed E-state index contributed by atoms with van der Waals surface area (Å²) >= 11 is 1.48. The number of nitrogens with two attached hydrogens (primary N) is 1. The van der Waals surface area contributed by atoms with Crippen LogP contribution in [0.4, 0.5) is 9.93 Å². The number of hydrogen-bond acceptors (Lipinski definition) is 4. The molecule has 0 aliphatic heterocycles. The maximum atomic E-state index is 12.3. The number of rotatable bonds is 9. The minimum absolute atomic E-state index is 0.0548. The zero-order valence-electron chi connectivity index (χ0n) is 16.1. The highest BCUT2D eigenvalue weighted by molar-refractivity contribution is 7.19. The molecule has 1 aromatic heterocycles. The van der Waals surface area contributed by atoms with Gasteiger partial charge in [0.25, 0.3) is 0 Å². The second-order valence-corrected chi connectivity index (χ2v) is 7.58. The van der Waals surface area contributed by atoms with Crippen LogP contribution in [0, 0.1) is 0 Å². The maximum absolute atomic E-state index is 12.3. The van der Waals surface area contributed by atoms with Crippen LogP contribution in [0.25, 0.3) is 21.7 Å². The van der Waals surface area contributed by atoms with Crippen LogP contribution < -0.4 is 16.4 Å². The number of carbonyl (C=O) groups is 2. The molecule has 0 unspecified atom stereocenters. The monoisotopic (exact) mass is 408 g/mol. The van der Waals surface area contributed by atoms with E-state index in [0.29, 0.717) is 18.1 Å². The predicted molar refractivity (Wildman–Crippen MR) is 118 cm³/mol. The largest absolute Gasteiger partial charge is 0.352 e. The molecule has 4 N–H and O–H groups in total. The number of carbonyl (C=O) groups excluding carboxylic acids is 2. The topological polar surface area (TPSA) is 97.1 Å². The van der Waals surface area contributed by atoms with Gasteiger partial charge in [-0.05, 0) is 18.4 Å². The Hall–Kier alpha value is -3.19. The van der Waals surface area contributed by atoms with Crippen LogP contribution >= 0.6 is 11.3 Å². The molecule has 0 aliphatic rings. The molecule has 29 heavy (non-hydrogen) atoms. The van der Waals surface area contributed by atoms with Crippen molar-refractivity contribution in [2.45, 2.75) is 25.7 Å². The molecule has 0 aliphatic carbocycles. The Labute approximate surface area is 174 Å². The van der Waals surface area contributed by atoms with Gasteiger partial charge in [-0.3, -0.25) is 4.79 Å². The second-order valence-electron chi connectivity index (χ2n) is 6.58. The summed E-state index contributed by atoms with van der Waals surface area (Å²) < 4.78 is 0. The molecule has 3 aromatic rings. The lowest BCUT2D eigenvalue weighted by molar-refractivity contribution is -0.116. The second kappa shape index (κ2) is 10.4. The number of unbranched alkanes of at least 4 members (excludes halogenated alkanes) is 2. The fourth-order valence-corrected chi connectivity index (χ4v) is 3.94. The Kier molecular flexibility index (Phi) is 7.35. The number of amides is 3.